The Morgan fingerprint density at radius 3 is 2.61 bits per heavy atom. The fraction of sp³-hybridized carbons (Fsp3) is 0.400. The van der Waals surface area contributed by atoms with Gasteiger partial charge in [0.15, 0.2) is 11.5 Å². The molecule has 2 N–H and O–H groups in total. The first-order valence-electron chi connectivity index (χ1n) is 7.75. The summed E-state index contributed by atoms with van der Waals surface area (Å²) in [7, 11) is -3.51. The normalized spacial score (nSPS) is 16.5. The van der Waals surface area contributed by atoms with Crippen molar-refractivity contribution in [3.05, 3.63) is 35.0 Å². The summed E-state index contributed by atoms with van der Waals surface area (Å²) in [6.45, 7) is 0. The molecule has 0 aliphatic heterocycles. The quantitative estimate of drug-likeness (QED) is 0.729. The zero-order chi connectivity index (χ0) is 20.9. The molecule has 6 nitrogen and oxygen atoms in total. The molecule has 0 saturated carbocycles. The van der Waals surface area contributed by atoms with Gasteiger partial charge in [-0.2, -0.15) is 13.2 Å². The van der Waals surface area contributed by atoms with Crippen molar-refractivity contribution in [2.24, 2.45) is 0 Å². The lowest BCUT2D eigenvalue weighted by Crippen LogP contribution is -2.26. The second kappa shape index (κ2) is 6.57. The van der Waals surface area contributed by atoms with E-state index < -0.39 is 58.0 Å². The van der Waals surface area contributed by atoms with Crippen LogP contribution in [0.4, 0.5) is 32.0 Å². The van der Waals surface area contributed by atoms with E-state index in [4.69, 9.17) is 0 Å². The summed E-state index contributed by atoms with van der Waals surface area (Å²) in [6, 6.07) is 0.291. The van der Waals surface area contributed by atoms with Gasteiger partial charge in [0.05, 0.1) is 13.5 Å². The lowest BCUT2D eigenvalue weighted by Gasteiger charge is -2.22. The summed E-state index contributed by atoms with van der Waals surface area (Å²) in [5.74, 6) is -5.58. The van der Waals surface area contributed by atoms with Crippen LogP contribution in [0.25, 0.3) is 0 Å². The van der Waals surface area contributed by atoms with Gasteiger partial charge >= 0.3 is 6.18 Å². The number of nitrogens with zero attached hydrogens (tertiary/aromatic N) is 1. The largest absolute Gasteiger partial charge is 0.479 e. The molecule has 0 saturated heterocycles. The van der Waals surface area contributed by atoms with E-state index in [0.29, 0.717) is 6.07 Å². The van der Waals surface area contributed by atoms with E-state index in [1.165, 1.54) is 0 Å². The van der Waals surface area contributed by atoms with Gasteiger partial charge in [0.1, 0.15) is 10.6 Å². The summed E-state index contributed by atoms with van der Waals surface area (Å²) in [6.07, 6.45) is -5.56. The smallest absolute Gasteiger partial charge is 0.436 e. The molecule has 1 aliphatic carbocycles. The van der Waals surface area contributed by atoms with Crippen LogP contribution in [0.1, 0.15) is 23.4 Å². The third kappa shape index (κ3) is 3.75. The van der Waals surface area contributed by atoms with Crippen molar-refractivity contribution in [1.29, 1.82) is 0 Å². The number of pyridine rings is 1. The number of halogens is 6. The van der Waals surface area contributed by atoms with Crippen LogP contribution in [-0.2, 0) is 29.0 Å². The predicted molar refractivity (Wildman–Crippen MR) is 84.3 cm³/mol. The summed E-state index contributed by atoms with van der Waals surface area (Å²) < 4.78 is 111. The van der Waals surface area contributed by atoms with E-state index in [0.717, 1.165) is 13.3 Å². The lowest BCUT2D eigenvalue weighted by atomic mass is 9.95. The average molecular weight is 429 g/mol. The Bertz CT molecular complexity index is 1020. The predicted octanol–water partition coefficient (Wildman–Crippen LogP) is 3.50. The highest BCUT2D eigenvalue weighted by atomic mass is 32.2. The molecule has 154 valence electrons. The Morgan fingerprint density at radius 2 is 2.00 bits per heavy atom. The van der Waals surface area contributed by atoms with Crippen molar-refractivity contribution in [2.75, 3.05) is 11.8 Å². The van der Waals surface area contributed by atoms with Crippen LogP contribution in [-0.4, -0.2) is 31.4 Å². The molecule has 28 heavy (non-hydrogen) atoms. The SMILES string of the molecule is COc1nc(C(F)(F)F)c(F)cc1NS(=O)(=O)c1c[nH]c2c1CCC(F)(F)C2. The fourth-order valence-corrected chi connectivity index (χ4v) is 4.21. The Kier molecular flexibility index (Phi) is 4.76. The van der Waals surface area contributed by atoms with Crippen LogP contribution in [0.5, 0.6) is 5.88 Å². The molecule has 2 aromatic heterocycles. The molecule has 2 heterocycles. The minimum Gasteiger partial charge on any atom is -0.479 e. The number of aromatic nitrogens is 2. The van der Waals surface area contributed by atoms with Crippen molar-refractivity contribution < 1.29 is 39.5 Å². The van der Waals surface area contributed by atoms with Crippen LogP contribution >= 0.6 is 0 Å². The van der Waals surface area contributed by atoms with Crippen molar-refractivity contribution in [3.63, 3.8) is 0 Å². The van der Waals surface area contributed by atoms with Gasteiger partial charge in [-0.1, -0.05) is 0 Å². The molecule has 3 rings (SSSR count). The van der Waals surface area contributed by atoms with Crippen LogP contribution in [0.3, 0.4) is 0 Å². The van der Waals surface area contributed by atoms with Crippen molar-refractivity contribution in [3.8, 4) is 5.88 Å². The molecule has 0 bridgehead atoms. The number of ether oxygens (including phenoxy) is 1. The number of nitrogens with one attached hydrogen (secondary N) is 2. The van der Waals surface area contributed by atoms with E-state index in [9.17, 15) is 34.8 Å². The maximum Gasteiger partial charge on any atom is 0.436 e. The molecule has 0 spiro atoms. The summed E-state index contributed by atoms with van der Waals surface area (Å²) in [5, 5.41) is 0. The van der Waals surface area contributed by atoms with Gasteiger partial charge < -0.3 is 9.72 Å². The van der Waals surface area contributed by atoms with Crippen molar-refractivity contribution >= 4 is 15.7 Å². The van der Waals surface area contributed by atoms with E-state index >= 15 is 0 Å². The number of alkyl halides is 5. The van der Waals surface area contributed by atoms with Crippen molar-refractivity contribution in [1.82, 2.24) is 9.97 Å². The minimum atomic E-state index is -5.11. The maximum atomic E-state index is 13.8. The molecule has 0 unspecified atom stereocenters. The van der Waals surface area contributed by atoms with E-state index in [2.05, 4.69) is 14.7 Å². The lowest BCUT2D eigenvalue weighted by molar-refractivity contribution is -0.143. The highest BCUT2D eigenvalue weighted by Gasteiger charge is 2.39. The zero-order valence-corrected chi connectivity index (χ0v) is 14.9. The molecule has 1 aliphatic rings. The van der Waals surface area contributed by atoms with E-state index in [1.54, 1.807) is 0 Å². The average Bonchev–Trinajstić information content (AvgIpc) is 2.96. The standard InChI is InChI=1S/C15H13F6N3O3S/c1-27-13-9(4-8(16)12(23-13)15(19,20)21)24-28(25,26)11-6-22-10-5-14(17,18)3-2-7(10)11/h4,6,22,24H,2-3,5H2,1H3. The molecule has 2 aromatic rings. The molecule has 0 amide bonds. The van der Waals surface area contributed by atoms with Gasteiger partial charge in [0.25, 0.3) is 15.9 Å². The third-order valence-corrected chi connectivity index (χ3v) is 5.58. The van der Waals surface area contributed by atoms with Gasteiger partial charge in [0.2, 0.25) is 5.88 Å². The van der Waals surface area contributed by atoms with Gasteiger partial charge in [-0.05, 0) is 12.0 Å². The molecular formula is C15H13F6N3O3S. The molecular weight excluding hydrogens is 416 g/mol. The minimum absolute atomic E-state index is 0.0420. The number of aromatic amines is 1. The summed E-state index contributed by atoms with van der Waals surface area (Å²) in [4.78, 5) is 5.09. The fourth-order valence-electron chi connectivity index (χ4n) is 2.90. The highest BCUT2D eigenvalue weighted by molar-refractivity contribution is 7.92. The van der Waals surface area contributed by atoms with Crippen molar-refractivity contribution in [2.45, 2.75) is 36.3 Å². The first-order chi connectivity index (χ1) is 12.8. The molecule has 0 atom stereocenters. The molecule has 0 radical (unpaired) electrons. The van der Waals surface area contributed by atoms with Crippen LogP contribution in [0.2, 0.25) is 0 Å². The number of hydrogen-bond donors (Lipinski definition) is 2. The van der Waals surface area contributed by atoms with Gasteiger partial charge in [-0.15, -0.1) is 0 Å². The summed E-state index contributed by atoms with van der Waals surface area (Å²) >= 11 is 0. The Labute approximate surface area is 155 Å². The van der Waals surface area contributed by atoms with E-state index in [1.807, 2.05) is 4.72 Å². The Hall–Kier alpha value is -2.44. The number of sulfonamides is 1. The van der Waals surface area contributed by atoms with Crippen LogP contribution in [0, 0.1) is 5.82 Å². The monoisotopic (exact) mass is 429 g/mol. The summed E-state index contributed by atoms with van der Waals surface area (Å²) in [5.41, 5.74) is -2.35. The van der Waals surface area contributed by atoms with Gasteiger partial charge in [-0.3, -0.25) is 4.72 Å². The second-order valence-electron chi connectivity index (χ2n) is 6.12. The number of H-pyrrole nitrogens is 1. The van der Waals surface area contributed by atoms with Gasteiger partial charge in [0, 0.05) is 24.4 Å². The first-order valence-corrected chi connectivity index (χ1v) is 9.24. The Morgan fingerprint density at radius 1 is 1.32 bits per heavy atom. The Balaban J connectivity index is 1.98. The number of anilines is 1. The number of hydrogen-bond acceptors (Lipinski definition) is 4. The topological polar surface area (TPSA) is 84.1 Å². The second-order valence-corrected chi connectivity index (χ2v) is 7.77. The van der Waals surface area contributed by atoms with Crippen LogP contribution in [0.15, 0.2) is 17.2 Å². The van der Waals surface area contributed by atoms with Crippen LogP contribution < -0.4 is 9.46 Å². The first kappa shape index (κ1) is 20.3. The number of rotatable bonds is 4. The maximum absolute atomic E-state index is 13.8. The molecule has 0 aromatic carbocycles. The molecule has 0 fully saturated rings. The van der Waals surface area contributed by atoms with E-state index in [-0.39, 0.29) is 22.6 Å². The van der Waals surface area contributed by atoms with Gasteiger partial charge in [-0.25, -0.2) is 26.6 Å². The third-order valence-electron chi connectivity index (χ3n) is 4.15. The zero-order valence-electron chi connectivity index (χ0n) is 14.1. The number of fused-ring (bicyclic) bond motifs is 1. The number of methoxy groups -OCH3 is 1. The molecule has 13 heteroatoms. The highest BCUT2D eigenvalue weighted by Crippen LogP contribution is 2.38.